The topological polar surface area (TPSA) is 58.9 Å². The smallest absolute Gasteiger partial charge is 0.147 e. The molecule has 0 aliphatic carbocycles. The summed E-state index contributed by atoms with van der Waals surface area (Å²) in [7, 11) is 0. The number of hydrogen-bond donors (Lipinski definition) is 1. The maximum Gasteiger partial charge on any atom is 0.147 e. The number of rotatable bonds is 4. The van der Waals surface area contributed by atoms with E-state index in [0.717, 1.165) is 31.0 Å². The van der Waals surface area contributed by atoms with E-state index in [9.17, 15) is 4.39 Å². The third-order valence-corrected chi connectivity index (χ3v) is 4.76. The summed E-state index contributed by atoms with van der Waals surface area (Å²) in [5.41, 5.74) is 2.01. The van der Waals surface area contributed by atoms with E-state index in [4.69, 9.17) is 4.98 Å². The normalized spacial score (nSPS) is 16.5. The molecule has 1 aromatic carbocycles. The molecule has 3 heterocycles. The van der Waals surface area contributed by atoms with Crippen LogP contribution in [0.3, 0.4) is 0 Å². The largest absolute Gasteiger partial charge is 0.352 e. The lowest BCUT2D eigenvalue weighted by molar-refractivity contribution is 0.351. The van der Waals surface area contributed by atoms with E-state index in [2.05, 4.69) is 34.1 Å². The molecule has 6 nitrogen and oxygen atoms in total. The van der Waals surface area contributed by atoms with Gasteiger partial charge in [-0.15, -0.1) is 0 Å². The Balaban J connectivity index is 1.57. The zero-order valence-corrected chi connectivity index (χ0v) is 15.6. The van der Waals surface area contributed by atoms with E-state index < -0.39 is 0 Å². The summed E-state index contributed by atoms with van der Waals surface area (Å²) >= 11 is 0. The van der Waals surface area contributed by atoms with Crippen molar-refractivity contribution in [3.63, 3.8) is 0 Å². The first kappa shape index (κ1) is 17.6. The molecule has 0 radical (unpaired) electrons. The first-order valence-corrected chi connectivity index (χ1v) is 9.08. The van der Waals surface area contributed by atoms with Gasteiger partial charge in [0.05, 0.1) is 24.6 Å². The molecule has 0 saturated carbocycles. The van der Waals surface area contributed by atoms with Gasteiger partial charge in [0.25, 0.3) is 0 Å². The van der Waals surface area contributed by atoms with E-state index >= 15 is 0 Å². The average molecular weight is 366 g/mol. The fraction of sp³-hybridized carbons (Fsp3) is 0.350. The summed E-state index contributed by atoms with van der Waals surface area (Å²) in [5.74, 6) is 0.557. The molecule has 1 aliphatic rings. The lowest BCUT2D eigenvalue weighted by Gasteiger charge is -2.39. The van der Waals surface area contributed by atoms with Gasteiger partial charge in [-0.1, -0.05) is 12.1 Å². The van der Waals surface area contributed by atoms with Crippen LogP contribution in [0.25, 0.3) is 11.3 Å². The molecule has 2 aromatic heterocycles. The Hall–Kier alpha value is -2.80. The first-order valence-electron chi connectivity index (χ1n) is 9.08. The predicted molar refractivity (Wildman–Crippen MR) is 103 cm³/mol. The fourth-order valence-corrected chi connectivity index (χ4v) is 3.39. The lowest BCUT2D eigenvalue weighted by atomic mass is 10.0. The molecule has 3 aromatic rings. The Morgan fingerprint density at radius 1 is 1.26 bits per heavy atom. The van der Waals surface area contributed by atoms with Gasteiger partial charge in [-0.05, 0) is 26.0 Å². The van der Waals surface area contributed by atoms with Gasteiger partial charge in [-0.25, -0.2) is 9.37 Å². The van der Waals surface area contributed by atoms with Gasteiger partial charge in [0.1, 0.15) is 11.6 Å². The van der Waals surface area contributed by atoms with E-state index in [1.54, 1.807) is 29.3 Å². The van der Waals surface area contributed by atoms with Gasteiger partial charge >= 0.3 is 0 Å². The van der Waals surface area contributed by atoms with Crippen LogP contribution in [-0.2, 0) is 6.54 Å². The molecule has 0 amide bonds. The summed E-state index contributed by atoms with van der Waals surface area (Å²) in [6, 6.07) is 7.02. The maximum absolute atomic E-state index is 14.6. The average Bonchev–Trinajstić information content (AvgIpc) is 3.16. The van der Waals surface area contributed by atoms with Crippen LogP contribution in [0.5, 0.6) is 0 Å². The molecule has 0 atom stereocenters. The molecule has 140 valence electrons. The number of hydrogen-bond acceptors (Lipinski definition) is 5. The molecule has 7 heteroatoms. The summed E-state index contributed by atoms with van der Waals surface area (Å²) < 4.78 is 16.3. The predicted octanol–water partition coefficient (Wildman–Crippen LogP) is 2.72. The summed E-state index contributed by atoms with van der Waals surface area (Å²) in [6.07, 6.45) is 6.95. The van der Waals surface area contributed by atoms with Crippen LogP contribution < -0.4 is 10.2 Å². The third-order valence-electron chi connectivity index (χ3n) is 4.76. The Bertz CT molecular complexity index is 922. The number of halogens is 1. The van der Waals surface area contributed by atoms with Crippen molar-refractivity contribution in [2.24, 2.45) is 0 Å². The molecule has 1 saturated heterocycles. The Morgan fingerprint density at radius 3 is 2.89 bits per heavy atom. The number of nitrogens with one attached hydrogen (secondary N) is 1. The molecule has 0 unspecified atom stereocenters. The van der Waals surface area contributed by atoms with Gasteiger partial charge in [0.2, 0.25) is 0 Å². The molecular weight excluding hydrogens is 343 g/mol. The Morgan fingerprint density at radius 2 is 2.15 bits per heavy atom. The zero-order valence-electron chi connectivity index (χ0n) is 15.6. The van der Waals surface area contributed by atoms with Gasteiger partial charge in [0.15, 0.2) is 0 Å². The van der Waals surface area contributed by atoms with Gasteiger partial charge in [0, 0.05) is 48.7 Å². The quantitative estimate of drug-likeness (QED) is 0.769. The van der Waals surface area contributed by atoms with Crippen LogP contribution in [0.2, 0.25) is 0 Å². The van der Waals surface area contributed by atoms with Crippen LogP contribution >= 0.6 is 0 Å². The SMILES string of the molecule is CC1(C)CN(c2cncc(-c3ccc(Cn4cccn4)c(F)c3)n2)CCN1. The highest BCUT2D eigenvalue weighted by molar-refractivity contribution is 5.61. The van der Waals surface area contributed by atoms with Crippen molar-refractivity contribution in [2.75, 3.05) is 24.5 Å². The summed E-state index contributed by atoms with van der Waals surface area (Å²) in [5, 5.41) is 7.61. The number of benzene rings is 1. The van der Waals surface area contributed by atoms with Gasteiger partial charge in [-0.2, -0.15) is 5.10 Å². The summed E-state index contributed by atoms with van der Waals surface area (Å²) in [4.78, 5) is 11.3. The lowest BCUT2D eigenvalue weighted by Crippen LogP contribution is -2.57. The van der Waals surface area contributed by atoms with Crippen molar-refractivity contribution in [2.45, 2.75) is 25.9 Å². The van der Waals surface area contributed by atoms with Crippen LogP contribution in [0.1, 0.15) is 19.4 Å². The number of piperazine rings is 1. The van der Waals surface area contributed by atoms with E-state index in [-0.39, 0.29) is 11.4 Å². The zero-order chi connectivity index (χ0) is 18.9. The fourth-order valence-electron chi connectivity index (χ4n) is 3.39. The van der Waals surface area contributed by atoms with Crippen molar-refractivity contribution < 1.29 is 4.39 Å². The van der Waals surface area contributed by atoms with Crippen molar-refractivity contribution in [3.05, 3.63) is 60.4 Å². The summed E-state index contributed by atoms with van der Waals surface area (Å²) in [6.45, 7) is 7.37. The highest BCUT2D eigenvalue weighted by Crippen LogP contribution is 2.24. The molecule has 0 spiro atoms. The number of nitrogens with zero attached hydrogens (tertiary/aromatic N) is 5. The van der Waals surface area contributed by atoms with Crippen molar-refractivity contribution in [1.29, 1.82) is 0 Å². The molecule has 1 N–H and O–H groups in total. The van der Waals surface area contributed by atoms with Crippen molar-refractivity contribution >= 4 is 5.82 Å². The molecular formula is C20H23FN6. The molecule has 27 heavy (non-hydrogen) atoms. The van der Waals surface area contributed by atoms with Gasteiger partial charge in [-0.3, -0.25) is 9.67 Å². The highest BCUT2D eigenvalue weighted by Gasteiger charge is 2.26. The first-order chi connectivity index (χ1) is 13.0. The number of anilines is 1. The van der Waals surface area contributed by atoms with E-state index in [1.807, 2.05) is 18.3 Å². The van der Waals surface area contributed by atoms with Crippen LogP contribution in [0, 0.1) is 5.82 Å². The third kappa shape index (κ3) is 3.98. The Kier molecular flexibility index (Phi) is 4.61. The number of aromatic nitrogens is 4. The second-order valence-electron chi connectivity index (χ2n) is 7.50. The maximum atomic E-state index is 14.6. The Labute approximate surface area is 158 Å². The molecule has 1 fully saturated rings. The second kappa shape index (κ2) is 7.08. The van der Waals surface area contributed by atoms with Crippen LogP contribution in [0.15, 0.2) is 49.1 Å². The molecule has 1 aliphatic heterocycles. The standard InChI is InChI=1S/C20H23FN6/c1-20(2)14-26(9-7-23-20)19-12-22-11-18(25-19)15-4-5-16(17(21)10-15)13-27-8-3-6-24-27/h3-6,8,10-12,23H,7,9,13-14H2,1-2H3. The van der Waals surface area contributed by atoms with Gasteiger partial charge < -0.3 is 10.2 Å². The monoisotopic (exact) mass is 366 g/mol. The second-order valence-corrected chi connectivity index (χ2v) is 7.50. The minimum atomic E-state index is -0.265. The van der Waals surface area contributed by atoms with Crippen LogP contribution in [0.4, 0.5) is 10.2 Å². The van der Waals surface area contributed by atoms with Crippen molar-refractivity contribution in [1.82, 2.24) is 25.1 Å². The minimum Gasteiger partial charge on any atom is -0.352 e. The van der Waals surface area contributed by atoms with Crippen LogP contribution in [-0.4, -0.2) is 44.9 Å². The minimum absolute atomic E-state index is 0.0240. The molecule has 0 bridgehead atoms. The molecule has 4 rings (SSSR count). The van der Waals surface area contributed by atoms with Crippen molar-refractivity contribution in [3.8, 4) is 11.3 Å². The van der Waals surface area contributed by atoms with E-state index in [0.29, 0.717) is 17.8 Å². The highest BCUT2D eigenvalue weighted by atomic mass is 19.1. The van der Waals surface area contributed by atoms with E-state index in [1.165, 1.54) is 6.07 Å².